The van der Waals surface area contributed by atoms with Crippen LogP contribution in [0.2, 0.25) is 0 Å². The quantitative estimate of drug-likeness (QED) is 0.929. The minimum absolute atomic E-state index is 0.0147. The van der Waals surface area contributed by atoms with E-state index in [2.05, 4.69) is 26.1 Å². The Hall–Kier alpha value is -1.84. The van der Waals surface area contributed by atoms with Crippen molar-refractivity contribution in [2.45, 2.75) is 46.2 Å². The number of nitrogens with one attached hydrogen (secondary N) is 1. The highest BCUT2D eigenvalue weighted by molar-refractivity contribution is 5.97. The average molecular weight is 288 g/mol. The summed E-state index contributed by atoms with van der Waals surface area (Å²) in [4.78, 5) is 26.9. The second-order valence-electron chi connectivity index (χ2n) is 6.81. The summed E-state index contributed by atoms with van der Waals surface area (Å²) >= 11 is 0. The van der Waals surface area contributed by atoms with Crippen LogP contribution in [0.15, 0.2) is 30.3 Å². The molecule has 1 aliphatic rings. The molecule has 2 unspecified atom stereocenters. The Bertz CT molecular complexity index is 519. The van der Waals surface area contributed by atoms with Crippen molar-refractivity contribution in [1.29, 1.82) is 0 Å². The van der Waals surface area contributed by atoms with Gasteiger partial charge in [0.05, 0.1) is 0 Å². The van der Waals surface area contributed by atoms with Crippen molar-refractivity contribution < 1.29 is 9.59 Å². The van der Waals surface area contributed by atoms with Gasteiger partial charge in [0.25, 0.3) is 0 Å². The number of carbonyl (C=O) groups is 2. The minimum Gasteiger partial charge on any atom is -0.342 e. The van der Waals surface area contributed by atoms with Gasteiger partial charge in [-0.25, -0.2) is 0 Å². The van der Waals surface area contributed by atoms with E-state index < -0.39 is 12.1 Å². The fraction of sp³-hybridized carbons (Fsp3) is 0.529. The van der Waals surface area contributed by atoms with Crippen molar-refractivity contribution in [3.05, 3.63) is 35.9 Å². The maximum absolute atomic E-state index is 12.7. The Kier molecular flexibility index (Phi) is 4.35. The lowest BCUT2D eigenvalue weighted by Gasteiger charge is -2.41. The van der Waals surface area contributed by atoms with Crippen LogP contribution in [0.1, 0.15) is 45.7 Å². The summed E-state index contributed by atoms with van der Waals surface area (Å²) in [5.41, 5.74) is 0.806. The highest BCUT2D eigenvalue weighted by atomic mass is 16.2. The van der Waals surface area contributed by atoms with Gasteiger partial charge in [0.15, 0.2) is 0 Å². The normalized spacial score (nSPS) is 23.1. The first-order valence-electron chi connectivity index (χ1n) is 7.49. The standard InChI is InChI=1S/C17H24N2O2/c1-5-13-16(21)19(11-17(2,3)4)14(15(20)18-13)12-9-7-6-8-10-12/h6-10,13-14H,5,11H2,1-4H3,(H,18,20). The van der Waals surface area contributed by atoms with Gasteiger partial charge in [0, 0.05) is 6.54 Å². The number of amides is 2. The highest BCUT2D eigenvalue weighted by Crippen LogP contribution is 2.29. The van der Waals surface area contributed by atoms with E-state index in [9.17, 15) is 9.59 Å². The van der Waals surface area contributed by atoms with Crippen molar-refractivity contribution in [2.75, 3.05) is 6.54 Å². The van der Waals surface area contributed by atoms with Crippen molar-refractivity contribution in [1.82, 2.24) is 10.2 Å². The van der Waals surface area contributed by atoms with E-state index in [0.717, 1.165) is 5.56 Å². The van der Waals surface area contributed by atoms with E-state index in [1.807, 2.05) is 37.3 Å². The predicted octanol–water partition coefficient (Wildman–Crippen LogP) is 2.51. The molecule has 0 aliphatic carbocycles. The van der Waals surface area contributed by atoms with Crippen LogP contribution in [-0.2, 0) is 9.59 Å². The molecule has 0 spiro atoms. The van der Waals surface area contributed by atoms with Gasteiger partial charge in [-0.3, -0.25) is 9.59 Å². The van der Waals surface area contributed by atoms with E-state index in [-0.39, 0.29) is 17.2 Å². The summed E-state index contributed by atoms with van der Waals surface area (Å²) in [5.74, 6) is -0.0715. The first kappa shape index (κ1) is 15.5. The molecule has 114 valence electrons. The molecule has 1 aliphatic heterocycles. The van der Waals surface area contributed by atoms with Crippen molar-refractivity contribution >= 4 is 11.8 Å². The van der Waals surface area contributed by atoms with Crippen LogP contribution in [0, 0.1) is 5.41 Å². The molecule has 1 fully saturated rings. The summed E-state index contributed by atoms with van der Waals surface area (Å²) in [6.07, 6.45) is 0.618. The Balaban J connectivity index is 2.39. The largest absolute Gasteiger partial charge is 0.342 e. The summed E-state index contributed by atoms with van der Waals surface area (Å²) in [6.45, 7) is 8.72. The van der Waals surface area contributed by atoms with Gasteiger partial charge in [-0.2, -0.15) is 0 Å². The zero-order valence-corrected chi connectivity index (χ0v) is 13.2. The molecule has 21 heavy (non-hydrogen) atoms. The van der Waals surface area contributed by atoms with Gasteiger partial charge in [-0.05, 0) is 17.4 Å². The third kappa shape index (κ3) is 3.43. The molecule has 0 radical (unpaired) electrons. The lowest BCUT2D eigenvalue weighted by Crippen LogP contribution is -2.60. The van der Waals surface area contributed by atoms with Gasteiger partial charge < -0.3 is 10.2 Å². The summed E-state index contributed by atoms with van der Waals surface area (Å²) < 4.78 is 0. The molecule has 2 atom stereocenters. The van der Waals surface area contributed by atoms with Crippen molar-refractivity contribution in [2.24, 2.45) is 5.41 Å². The van der Waals surface area contributed by atoms with Gasteiger partial charge in [0.2, 0.25) is 11.8 Å². The van der Waals surface area contributed by atoms with Crippen LogP contribution in [0.5, 0.6) is 0 Å². The number of benzene rings is 1. The van der Waals surface area contributed by atoms with Crippen molar-refractivity contribution in [3.63, 3.8) is 0 Å². The Labute approximate surface area is 126 Å². The van der Waals surface area contributed by atoms with E-state index in [1.165, 1.54) is 0 Å². The van der Waals surface area contributed by atoms with Crippen LogP contribution >= 0.6 is 0 Å². The lowest BCUT2D eigenvalue weighted by molar-refractivity contribution is -0.151. The first-order chi connectivity index (χ1) is 9.83. The number of hydrogen-bond acceptors (Lipinski definition) is 2. The van der Waals surface area contributed by atoms with Gasteiger partial charge in [0.1, 0.15) is 12.1 Å². The molecule has 0 bridgehead atoms. The zero-order chi connectivity index (χ0) is 15.6. The Morgan fingerprint density at radius 3 is 2.29 bits per heavy atom. The fourth-order valence-corrected chi connectivity index (χ4v) is 2.70. The zero-order valence-electron chi connectivity index (χ0n) is 13.2. The Morgan fingerprint density at radius 2 is 1.76 bits per heavy atom. The second kappa shape index (κ2) is 5.88. The van der Waals surface area contributed by atoms with Crippen LogP contribution < -0.4 is 5.32 Å². The average Bonchev–Trinajstić information content (AvgIpc) is 2.42. The number of nitrogens with zero attached hydrogens (tertiary/aromatic N) is 1. The maximum Gasteiger partial charge on any atom is 0.248 e. The van der Waals surface area contributed by atoms with E-state index in [0.29, 0.717) is 13.0 Å². The van der Waals surface area contributed by atoms with Crippen molar-refractivity contribution in [3.8, 4) is 0 Å². The number of hydrogen-bond donors (Lipinski definition) is 1. The molecule has 1 N–H and O–H groups in total. The first-order valence-corrected chi connectivity index (χ1v) is 7.49. The minimum atomic E-state index is -0.527. The predicted molar refractivity (Wildman–Crippen MR) is 82.6 cm³/mol. The Morgan fingerprint density at radius 1 is 1.14 bits per heavy atom. The second-order valence-corrected chi connectivity index (χ2v) is 6.81. The molecule has 0 saturated carbocycles. The van der Waals surface area contributed by atoms with Gasteiger partial charge >= 0.3 is 0 Å². The molecule has 1 heterocycles. The lowest BCUT2D eigenvalue weighted by atomic mass is 9.91. The third-order valence-corrected chi connectivity index (χ3v) is 3.63. The molecule has 2 rings (SSSR count). The molecule has 4 heteroatoms. The molecule has 0 aromatic heterocycles. The van der Waals surface area contributed by atoms with Crippen LogP contribution in [0.3, 0.4) is 0 Å². The molecule has 1 aromatic rings. The van der Waals surface area contributed by atoms with Crippen LogP contribution in [0.25, 0.3) is 0 Å². The SMILES string of the molecule is CCC1NC(=O)C(c2ccccc2)N(CC(C)(C)C)C1=O. The van der Waals surface area contributed by atoms with Gasteiger partial charge in [-0.15, -0.1) is 0 Å². The molecule has 4 nitrogen and oxygen atoms in total. The number of rotatable bonds is 3. The molecule has 2 amide bonds. The maximum atomic E-state index is 12.7. The topological polar surface area (TPSA) is 49.4 Å². The van der Waals surface area contributed by atoms with Gasteiger partial charge in [-0.1, -0.05) is 58.0 Å². The molecular weight excluding hydrogens is 264 g/mol. The fourth-order valence-electron chi connectivity index (χ4n) is 2.70. The monoisotopic (exact) mass is 288 g/mol. The summed E-state index contributed by atoms with van der Waals surface area (Å²) in [6, 6.07) is 8.58. The number of piperazine rings is 1. The molecular formula is C17H24N2O2. The van der Waals surface area contributed by atoms with E-state index >= 15 is 0 Å². The summed E-state index contributed by atoms with van der Waals surface area (Å²) in [7, 11) is 0. The van der Waals surface area contributed by atoms with E-state index in [4.69, 9.17) is 0 Å². The van der Waals surface area contributed by atoms with Crippen LogP contribution in [-0.4, -0.2) is 29.3 Å². The molecule has 1 saturated heterocycles. The number of carbonyl (C=O) groups excluding carboxylic acids is 2. The smallest absolute Gasteiger partial charge is 0.248 e. The third-order valence-electron chi connectivity index (χ3n) is 3.63. The molecule has 1 aromatic carbocycles. The highest BCUT2D eigenvalue weighted by Gasteiger charge is 2.41. The van der Waals surface area contributed by atoms with Crippen LogP contribution in [0.4, 0.5) is 0 Å². The van der Waals surface area contributed by atoms with E-state index in [1.54, 1.807) is 4.90 Å². The summed E-state index contributed by atoms with van der Waals surface area (Å²) in [5, 5.41) is 2.85.